The number of nitrogens with zero attached hydrogens (tertiary/aromatic N) is 9. The van der Waals surface area contributed by atoms with Gasteiger partial charge in [-0.2, -0.15) is 10.2 Å². The van der Waals surface area contributed by atoms with E-state index in [9.17, 15) is 28.0 Å². The molecule has 1 aliphatic carbocycles. The average Bonchev–Trinajstić information content (AvgIpc) is 4.17. The molecule has 20 heteroatoms. The van der Waals surface area contributed by atoms with Crippen molar-refractivity contribution in [1.82, 2.24) is 44.7 Å². The number of amides is 4. The molecule has 11 rings (SSSR count). The van der Waals surface area contributed by atoms with E-state index in [0.29, 0.717) is 46.9 Å². The van der Waals surface area contributed by atoms with Crippen LogP contribution in [0.2, 0.25) is 0 Å². The van der Waals surface area contributed by atoms with Crippen LogP contribution in [0.15, 0.2) is 59.5 Å². The largest absolute Gasteiger partial charge is 0.374 e. The molecule has 2 aromatic carbocycles. The van der Waals surface area contributed by atoms with Crippen molar-refractivity contribution in [2.45, 2.75) is 75.5 Å². The summed E-state index contributed by atoms with van der Waals surface area (Å²) in [6.45, 7) is 5.68. The Bertz CT molecular complexity index is 2830. The standard InChI is InChI=1S/C45H48F2N12O6/c46-42(47)41-34(50-45(63)32-19-48-58-13-12-36(51-43(32)58)57-21-28-18-27(57)24-64-28)22-59(53-41)26-6-4-25(5-7-26)20-55-14-16-56(17-15-55)23-38(61)49-33-3-1-2-30-29(33)8-10-35-39(30)40(54-65-35)31-9-11-37(60)52-44(31)62/h1-3,8,10,12-13,19,22,25-28,31,42H,4-7,9,11,14-18,20-21,23-24H2,(H,49,61)(H,50,63)(H,52,60,62)/t25?,26?,27-,28-,31?/m1/s1. The summed E-state index contributed by atoms with van der Waals surface area (Å²) < 4.78 is 43.1. The minimum absolute atomic E-state index is 0.0193. The first-order valence-electron chi connectivity index (χ1n) is 22.4. The number of hydrogen-bond acceptors (Lipinski definition) is 13. The van der Waals surface area contributed by atoms with Gasteiger partial charge in [-0.15, -0.1) is 0 Å². The Balaban J connectivity index is 0.667. The van der Waals surface area contributed by atoms with E-state index in [0.717, 1.165) is 88.0 Å². The fourth-order valence-electron chi connectivity index (χ4n) is 10.5. The van der Waals surface area contributed by atoms with Gasteiger partial charge in [0.25, 0.3) is 12.3 Å². The molecule has 8 heterocycles. The number of aromatic nitrogens is 6. The Morgan fingerprint density at radius 2 is 1.75 bits per heavy atom. The van der Waals surface area contributed by atoms with Crippen molar-refractivity contribution in [3.05, 3.63) is 71.9 Å². The summed E-state index contributed by atoms with van der Waals surface area (Å²) in [4.78, 5) is 62.9. The third-order valence-corrected chi connectivity index (χ3v) is 13.9. The smallest absolute Gasteiger partial charge is 0.284 e. The Labute approximate surface area is 370 Å². The lowest BCUT2D eigenvalue weighted by Crippen LogP contribution is -2.49. The maximum atomic E-state index is 14.3. The highest BCUT2D eigenvalue weighted by atomic mass is 19.3. The van der Waals surface area contributed by atoms with Gasteiger partial charge in [-0.05, 0) is 74.1 Å². The van der Waals surface area contributed by atoms with Crippen molar-refractivity contribution in [3.8, 4) is 0 Å². The third kappa shape index (κ3) is 7.96. The number of hydrogen-bond donors (Lipinski definition) is 3. The van der Waals surface area contributed by atoms with Crippen molar-refractivity contribution >= 4 is 68.2 Å². The molecule has 65 heavy (non-hydrogen) atoms. The van der Waals surface area contributed by atoms with E-state index >= 15 is 0 Å². The van der Waals surface area contributed by atoms with Gasteiger partial charge in [0.05, 0.1) is 54.5 Å². The monoisotopic (exact) mass is 890 g/mol. The Kier molecular flexibility index (Phi) is 10.7. The van der Waals surface area contributed by atoms with E-state index < -0.39 is 29.9 Å². The number of morpholine rings is 1. The second-order valence-corrected chi connectivity index (χ2v) is 18.0. The quantitative estimate of drug-likeness (QED) is 0.149. The minimum Gasteiger partial charge on any atom is -0.374 e. The van der Waals surface area contributed by atoms with Crippen LogP contribution in [-0.4, -0.2) is 128 Å². The van der Waals surface area contributed by atoms with Crippen LogP contribution in [-0.2, 0) is 19.1 Å². The number of rotatable bonds is 11. The van der Waals surface area contributed by atoms with Gasteiger partial charge < -0.3 is 29.7 Å². The zero-order valence-corrected chi connectivity index (χ0v) is 35.5. The number of piperidine rings is 1. The minimum atomic E-state index is -2.87. The highest BCUT2D eigenvalue weighted by Crippen LogP contribution is 2.39. The molecule has 5 aliphatic rings. The number of imide groups is 1. The predicted octanol–water partition coefficient (Wildman–Crippen LogP) is 4.90. The number of alkyl halides is 2. The van der Waals surface area contributed by atoms with Crippen LogP contribution in [0.1, 0.15) is 85.1 Å². The number of ether oxygens (including phenoxy) is 1. The SMILES string of the molecule is O=C1CCC(c2noc3ccc4c(NC(=O)CN5CCN(CC6CCC(n7cc(NC(=O)c8cnn9ccc(N%10C[C@H]%11C[C@@H]%10CO%11)nc89)c(C(F)F)n7)CC6)CC5)cccc4c23)C(=O)N1. The molecule has 4 amide bonds. The first-order valence-corrected chi connectivity index (χ1v) is 22.4. The van der Waals surface area contributed by atoms with Crippen LogP contribution in [0.3, 0.4) is 0 Å². The summed E-state index contributed by atoms with van der Waals surface area (Å²) in [6, 6.07) is 11.3. The zero-order chi connectivity index (χ0) is 44.3. The van der Waals surface area contributed by atoms with E-state index in [1.165, 1.54) is 16.9 Å². The van der Waals surface area contributed by atoms with Crippen molar-refractivity contribution in [1.29, 1.82) is 0 Å². The van der Waals surface area contributed by atoms with Gasteiger partial charge in [-0.3, -0.25) is 34.1 Å². The molecule has 3 N–H and O–H groups in total. The van der Waals surface area contributed by atoms with Crippen LogP contribution >= 0.6 is 0 Å². The lowest BCUT2D eigenvalue weighted by molar-refractivity contribution is -0.134. The van der Waals surface area contributed by atoms with Gasteiger partial charge >= 0.3 is 0 Å². The van der Waals surface area contributed by atoms with E-state index in [2.05, 4.69) is 46.0 Å². The van der Waals surface area contributed by atoms with Crippen LogP contribution in [0, 0.1) is 5.92 Å². The van der Waals surface area contributed by atoms with Gasteiger partial charge in [0.15, 0.2) is 16.9 Å². The molecule has 338 valence electrons. The number of nitrogens with one attached hydrogen (secondary N) is 3. The van der Waals surface area contributed by atoms with E-state index in [-0.39, 0.29) is 54.2 Å². The highest BCUT2D eigenvalue weighted by molar-refractivity contribution is 6.14. The summed E-state index contributed by atoms with van der Waals surface area (Å²) in [5, 5.41) is 23.3. The Morgan fingerprint density at radius 3 is 2.52 bits per heavy atom. The average molecular weight is 891 g/mol. The first-order chi connectivity index (χ1) is 31.6. The third-order valence-electron chi connectivity index (χ3n) is 13.9. The fraction of sp³-hybridized carbons (Fsp3) is 0.467. The summed E-state index contributed by atoms with van der Waals surface area (Å²) in [7, 11) is 0. The summed E-state index contributed by atoms with van der Waals surface area (Å²) in [5.41, 5.74) is 1.71. The van der Waals surface area contributed by atoms with Crippen LogP contribution in [0.4, 0.5) is 26.0 Å². The van der Waals surface area contributed by atoms with Crippen LogP contribution < -0.4 is 20.9 Å². The number of piperazine rings is 1. The molecular weight excluding hydrogens is 843 g/mol. The van der Waals surface area contributed by atoms with E-state index in [1.54, 1.807) is 16.9 Å². The van der Waals surface area contributed by atoms with E-state index in [1.807, 2.05) is 30.3 Å². The number of carbonyl (C=O) groups is 4. The maximum Gasteiger partial charge on any atom is 0.284 e. The van der Waals surface area contributed by atoms with Crippen molar-refractivity contribution in [3.63, 3.8) is 0 Å². The molecule has 4 saturated heterocycles. The van der Waals surface area contributed by atoms with Crippen molar-refractivity contribution in [2.75, 3.05) is 68.0 Å². The Morgan fingerprint density at radius 1 is 0.923 bits per heavy atom. The number of fused-ring (bicyclic) bond motifs is 6. The van der Waals surface area contributed by atoms with Gasteiger partial charge in [-0.25, -0.2) is 18.3 Å². The highest BCUT2D eigenvalue weighted by Gasteiger charge is 2.40. The normalized spacial score (nSPS) is 24.2. The molecule has 4 aliphatic heterocycles. The van der Waals surface area contributed by atoms with Gasteiger partial charge in [0.2, 0.25) is 17.7 Å². The predicted molar refractivity (Wildman–Crippen MR) is 233 cm³/mol. The van der Waals surface area contributed by atoms with E-state index in [4.69, 9.17) is 14.2 Å². The van der Waals surface area contributed by atoms with Gasteiger partial charge in [0, 0.05) is 69.2 Å². The molecule has 1 saturated carbocycles. The van der Waals surface area contributed by atoms with Gasteiger partial charge in [-0.1, -0.05) is 17.3 Å². The first kappa shape index (κ1) is 41.3. The maximum absolute atomic E-state index is 14.3. The lowest BCUT2D eigenvalue weighted by Gasteiger charge is -2.38. The topological polar surface area (TPSA) is 197 Å². The van der Waals surface area contributed by atoms with Crippen LogP contribution in [0.25, 0.3) is 27.4 Å². The van der Waals surface area contributed by atoms with Crippen LogP contribution in [0.5, 0.6) is 0 Å². The molecule has 4 aromatic heterocycles. The zero-order valence-electron chi connectivity index (χ0n) is 35.5. The summed E-state index contributed by atoms with van der Waals surface area (Å²) in [5.74, 6) is -0.836. The molecule has 18 nitrogen and oxygen atoms in total. The summed E-state index contributed by atoms with van der Waals surface area (Å²) in [6.07, 6.45) is 6.89. The molecular formula is C45H48F2N12O6. The molecule has 0 radical (unpaired) electrons. The van der Waals surface area contributed by atoms with Crippen molar-refractivity contribution in [2.24, 2.45) is 5.92 Å². The molecule has 5 fully saturated rings. The molecule has 2 bridgehead atoms. The Hall–Kier alpha value is -6.38. The molecule has 3 atom stereocenters. The molecule has 0 spiro atoms. The number of carbonyl (C=O) groups excluding carboxylic acids is 4. The van der Waals surface area contributed by atoms with Gasteiger partial charge in [0.1, 0.15) is 17.1 Å². The van der Waals surface area contributed by atoms with Crippen molar-refractivity contribution < 1.29 is 37.2 Å². The second-order valence-electron chi connectivity index (χ2n) is 18.0. The fourth-order valence-corrected chi connectivity index (χ4v) is 10.5. The number of anilines is 3. The summed E-state index contributed by atoms with van der Waals surface area (Å²) >= 11 is 0. The second kappa shape index (κ2) is 16.9. The number of benzene rings is 2. The lowest BCUT2D eigenvalue weighted by atomic mass is 9.85. The molecule has 6 aromatic rings. The number of halogens is 2. The molecule has 1 unspecified atom stereocenters.